The average Bonchev–Trinajstić information content (AvgIpc) is 3.21. The number of nitrogens with zero attached hydrogens (tertiary/aromatic N) is 4. The summed E-state index contributed by atoms with van der Waals surface area (Å²) in [6.45, 7) is 3.89. The number of aldehydes is 1. The van der Waals surface area contributed by atoms with E-state index in [1.165, 1.54) is 12.1 Å². The number of fused-ring (bicyclic) bond motifs is 2. The summed E-state index contributed by atoms with van der Waals surface area (Å²) >= 11 is 0. The van der Waals surface area contributed by atoms with Gasteiger partial charge in [-0.05, 0) is 73.5 Å². The van der Waals surface area contributed by atoms with Gasteiger partial charge in [0.05, 0.1) is 11.6 Å². The largest absolute Gasteiger partial charge is 0.506 e. The molecule has 0 aliphatic rings. The van der Waals surface area contributed by atoms with E-state index in [4.69, 9.17) is 5.73 Å². The molecule has 4 aromatic heterocycles. The van der Waals surface area contributed by atoms with Crippen LogP contribution in [0.15, 0.2) is 140 Å². The highest BCUT2D eigenvalue weighted by atomic mass is 19.1. The van der Waals surface area contributed by atoms with Crippen molar-refractivity contribution in [2.45, 2.75) is 19.9 Å². The predicted octanol–water partition coefficient (Wildman–Crippen LogP) is 9.81. The van der Waals surface area contributed by atoms with E-state index in [0.29, 0.717) is 40.6 Å². The third-order valence-corrected chi connectivity index (χ3v) is 8.20. The first-order chi connectivity index (χ1) is 27.4. The number of nitrogens with two attached hydrogens (primary N) is 1. The fraction of sp³-hybridized carbons (Fsp3) is 0.0682. The van der Waals surface area contributed by atoms with E-state index in [0.717, 1.165) is 40.1 Å². The number of anilines is 2. The number of aryl methyl sites for hydroxylation is 2. The number of carbonyl (C=O) groups excluding carboxylic acids is 1. The standard InChI is InChI=1S/C22H17F2N3O.C9H7NO.C7H4F2O.C6H8N2/c1-13-4-9-19(26-12-13)27-21(16-8-6-15(23)11-18(16)24)17-7-5-14-3-2-10-25-20(14)22(17)28;11-8-5-1-3-7-4-2-6-10-9(7)8;8-6-2-1-5(4-10)7(9)3-6;1-5-2-3-6(7)8-4-5/h2-12,21,28H,1H3,(H,26,27);1-6,11H;1-4H;2-4H,1H3,(H2,7,8). The van der Waals surface area contributed by atoms with Crippen molar-refractivity contribution in [1.82, 2.24) is 19.9 Å². The summed E-state index contributed by atoms with van der Waals surface area (Å²) in [4.78, 5) is 26.4. The number of aromatic nitrogens is 4. The van der Waals surface area contributed by atoms with Crippen LogP contribution in [0.3, 0.4) is 0 Å². The number of hydrogen-bond acceptors (Lipinski definition) is 9. The van der Waals surface area contributed by atoms with E-state index in [9.17, 15) is 32.6 Å². The van der Waals surface area contributed by atoms with Gasteiger partial charge in [0.25, 0.3) is 0 Å². The smallest absolute Gasteiger partial charge is 0.152 e. The molecule has 0 radical (unpaired) electrons. The van der Waals surface area contributed by atoms with Crippen LogP contribution >= 0.6 is 0 Å². The van der Waals surface area contributed by atoms with Crippen LogP contribution < -0.4 is 11.1 Å². The molecule has 8 aromatic rings. The molecule has 288 valence electrons. The summed E-state index contributed by atoms with van der Waals surface area (Å²) in [5.74, 6) is -1.63. The van der Waals surface area contributed by atoms with E-state index < -0.39 is 29.3 Å². The molecule has 9 nitrogen and oxygen atoms in total. The second-order valence-corrected chi connectivity index (χ2v) is 12.4. The molecule has 1 unspecified atom stereocenters. The summed E-state index contributed by atoms with van der Waals surface area (Å²) in [5.41, 5.74) is 8.99. The Kier molecular flexibility index (Phi) is 13.8. The lowest BCUT2D eigenvalue weighted by molar-refractivity contribution is 0.111. The quantitative estimate of drug-likeness (QED) is 0.0992. The third-order valence-electron chi connectivity index (χ3n) is 8.20. The normalized spacial score (nSPS) is 10.8. The lowest BCUT2D eigenvalue weighted by atomic mass is 9.95. The predicted molar refractivity (Wildman–Crippen MR) is 213 cm³/mol. The Bertz CT molecular complexity index is 2570. The molecule has 0 amide bonds. The lowest BCUT2D eigenvalue weighted by Crippen LogP contribution is -2.15. The number of pyridine rings is 4. The molecule has 57 heavy (non-hydrogen) atoms. The van der Waals surface area contributed by atoms with Crippen molar-refractivity contribution < 1.29 is 32.6 Å². The number of carbonyl (C=O) groups is 1. The Labute approximate surface area is 325 Å². The fourth-order valence-corrected chi connectivity index (χ4v) is 5.30. The second-order valence-electron chi connectivity index (χ2n) is 12.4. The van der Waals surface area contributed by atoms with Gasteiger partial charge in [-0.15, -0.1) is 0 Å². The first-order valence-corrected chi connectivity index (χ1v) is 17.2. The number of benzene rings is 4. The summed E-state index contributed by atoms with van der Waals surface area (Å²) in [5, 5.41) is 25.0. The average molecular weight is 773 g/mol. The number of nitrogen functional groups attached to an aromatic ring is 1. The Hall–Kier alpha value is -7.41. The highest BCUT2D eigenvalue weighted by Crippen LogP contribution is 2.37. The minimum absolute atomic E-state index is 0.0635. The van der Waals surface area contributed by atoms with Crippen molar-refractivity contribution in [3.63, 3.8) is 0 Å². The SMILES string of the molecule is Cc1ccc(N)nc1.Cc1ccc(NC(c2ccc(F)cc2F)c2ccc3cccnc3c2O)nc1.O=Cc1ccc(F)cc1F.Oc1cccc2cccnc12. The van der Waals surface area contributed by atoms with Gasteiger partial charge in [-0.25, -0.2) is 27.5 Å². The molecule has 0 bridgehead atoms. The highest BCUT2D eigenvalue weighted by Gasteiger charge is 2.23. The van der Waals surface area contributed by atoms with E-state index in [1.807, 2.05) is 50.2 Å². The maximum absolute atomic E-state index is 14.6. The maximum Gasteiger partial charge on any atom is 0.152 e. The molecule has 8 rings (SSSR count). The van der Waals surface area contributed by atoms with E-state index in [1.54, 1.807) is 67.3 Å². The van der Waals surface area contributed by atoms with Crippen LogP contribution in [-0.4, -0.2) is 36.4 Å². The fourth-order valence-electron chi connectivity index (χ4n) is 5.30. The van der Waals surface area contributed by atoms with Gasteiger partial charge in [0.15, 0.2) is 6.29 Å². The van der Waals surface area contributed by atoms with Gasteiger partial charge in [0.2, 0.25) is 0 Å². The van der Waals surface area contributed by atoms with Gasteiger partial charge in [0, 0.05) is 58.8 Å². The van der Waals surface area contributed by atoms with Crippen molar-refractivity contribution in [2.24, 2.45) is 0 Å². The van der Waals surface area contributed by atoms with E-state index >= 15 is 0 Å². The Morgan fingerprint density at radius 2 is 1.23 bits per heavy atom. The van der Waals surface area contributed by atoms with Crippen LogP contribution in [0.25, 0.3) is 21.8 Å². The van der Waals surface area contributed by atoms with Crippen LogP contribution in [0.5, 0.6) is 11.5 Å². The zero-order valence-electron chi connectivity index (χ0n) is 30.6. The van der Waals surface area contributed by atoms with Gasteiger partial charge in [-0.2, -0.15) is 0 Å². The molecule has 0 aliphatic carbocycles. The van der Waals surface area contributed by atoms with Crippen molar-refractivity contribution in [3.8, 4) is 11.5 Å². The zero-order chi connectivity index (χ0) is 40.9. The third kappa shape index (κ3) is 11.1. The molecule has 1 atom stereocenters. The molecule has 5 N–H and O–H groups in total. The number of phenols is 2. The van der Waals surface area contributed by atoms with Crippen molar-refractivity contribution >= 4 is 39.7 Å². The Morgan fingerprint density at radius 3 is 1.81 bits per heavy atom. The number of para-hydroxylation sites is 1. The molecule has 0 fully saturated rings. The van der Waals surface area contributed by atoms with Crippen LogP contribution in [0, 0.1) is 37.1 Å². The van der Waals surface area contributed by atoms with Gasteiger partial charge in [0.1, 0.15) is 57.4 Å². The zero-order valence-corrected chi connectivity index (χ0v) is 30.6. The summed E-state index contributed by atoms with van der Waals surface area (Å²) in [7, 11) is 0. The van der Waals surface area contributed by atoms with Crippen molar-refractivity contribution in [3.05, 3.63) is 191 Å². The van der Waals surface area contributed by atoms with E-state index in [-0.39, 0.29) is 22.6 Å². The first kappa shape index (κ1) is 40.8. The Balaban J connectivity index is 0.000000173. The van der Waals surface area contributed by atoms with Crippen LogP contribution in [0.2, 0.25) is 0 Å². The summed E-state index contributed by atoms with van der Waals surface area (Å²) in [6.07, 6.45) is 7.02. The second kappa shape index (κ2) is 19.3. The number of hydrogen-bond donors (Lipinski definition) is 4. The molecule has 0 saturated carbocycles. The molecule has 0 spiro atoms. The van der Waals surface area contributed by atoms with E-state index in [2.05, 4.69) is 25.3 Å². The highest BCUT2D eigenvalue weighted by molar-refractivity contribution is 5.86. The van der Waals surface area contributed by atoms with Crippen molar-refractivity contribution in [1.29, 1.82) is 0 Å². The lowest BCUT2D eigenvalue weighted by Gasteiger charge is -2.22. The van der Waals surface area contributed by atoms with Gasteiger partial charge in [-0.1, -0.05) is 54.6 Å². The number of phenolic OH excluding ortho intramolecular Hbond substituents is 2. The summed E-state index contributed by atoms with van der Waals surface area (Å²) < 4.78 is 52.5. The minimum Gasteiger partial charge on any atom is -0.506 e. The van der Waals surface area contributed by atoms with Gasteiger partial charge < -0.3 is 21.3 Å². The summed E-state index contributed by atoms with van der Waals surface area (Å²) in [6, 6.07) is 29.0. The van der Waals surface area contributed by atoms with Gasteiger partial charge >= 0.3 is 0 Å². The maximum atomic E-state index is 14.6. The number of halogens is 4. The monoisotopic (exact) mass is 772 g/mol. The number of nitrogens with one attached hydrogen (secondary N) is 1. The molecule has 0 aliphatic heterocycles. The van der Waals surface area contributed by atoms with Crippen molar-refractivity contribution in [2.75, 3.05) is 11.1 Å². The van der Waals surface area contributed by atoms with Crippen LogP contribution in [-0.2, 0) is 0 Å². The van der Waals surface area contributed by atoms with Crippen LogP contribution in [0.4, 0.5) is 29.2 Å². The molecule has 13 heteroatoms. The molecule has 4 aromatic carbocycles. The molecular weight excluding hydrogens is 737 g/mol. The first-order valence-electron chi connectivity index (χ1n) is 17.2. The molecule has 0 saturated heterocycles. The van der Waals surface area contributed by atoms with Gasteiger partial charge in [-0.3, -0.25) is 14.8 Å². The number of rotatable bonds is 5. The molecular formula is C44H36F4N6O3. The number of aromatic hydroxyl groups is 2. The van der Waals surface area contributed by atoms with Crippen LogP contribution in [0.1, 0.15) is 38.7 Å². The molecule has 4 heterocycles. The topological polar surface area (TPSA) is 147 Å². The minimum atomic E-state index is -0.824. The Morgan fingerprint density at radius 1 is 0.632 bits per heavy atom.